The molecule has 0 aromatic heterocycles. The number of hydrogen-bond acceptors (Lipinski definition) is 4. The third kappa shape index (κ3) is 4.18. The molecule has 2 heterocycles. The SMILES string of the molecule is CC.CN1CCN(c2ccc(F)cc2F)C(C2CN(C34C=CC=CC3C4)CCN2C)C1. The molecule has 0 bridgehead atoms. The van der Waals surface area contributed by atoms with Gasteiger partial charge in [-0.25, -0.2) is 8.78 Å². The summed E-state index contributed by atoms with van der Waals surface area (Å²) in [4.78, 5) is 9.59. The standard InChI is InChI=1S/C23H30F2N4.C2H6/c1-26-9-12-29(20-7-6-18(24)13-19(20)25)22(15-26)21-16-28(11-10-27(21)2)23-8-4-3-5-17(23)14-23;1-2/h3-8,13,17,21-22H,9-12,14-16H2,1-2H3;1-2H3. The molecule has 170 valence electrons. The molecule has 3 fully saturated rings. The average Bonchev–Trinajstić information content (AvgIpc) is 3.52. The Morgan fingerprint density at radius 2 is 1.74 bits per heavy atom. The molecule has 4 unspecified atom stereocenters. The predicted molar refractivity (Wildman–Crippen MR) is 123 cm³/mol. The minimum atomic E-state index is -0.520. The zero-order chi connectivity index (χ0) is 22.2. The molecular formula is C25H36F2N4. The molecule has 0 spiro atoms. The van der Waals surface area contributed by atoms with Crippen LogP contribution in [0.2, 0.25) is 0 Å². The van der Waals surface area contributed by atoms with Crippen LogP contribution >= 0.6 is 0 Å². The number of hydrogen-bond donors (Lipinski definition) is 0. The van der Waals surface area contributed by atoms with Crippen molar-refractivity contribution in [3.63, 3.8) is 0 Å². The van der Waals surface area contributed by atoms with E-state index in [-0.39, 0.29) is 11.6 Å². The maximum atomic E-state index is 14.7. The Balaban J connectivity index is 0.00000112. The van der Waals surface area contributed by atoms with Crippen LogP contribution < -0.4 is 4.90 Å². The second kappa shape index (κ2) is 9.00. The van der Waals surface area contributed by atoms with Gasteiger partial charge in [-0.15, -0.1) is 0 Å². The molecule has 2 aliphatic heterocycles. The quantitative estimate of drug-likeness (QED) is 0.726. The summed E-state index contributed by atoms with van der Waals surface area (Å²) in [7, 11) is 4.32. The van der Waals surface area contributed by atoms with Crippen LogP contribution in [0.15, 0.2) is 42.5 Å². The summed E-state index contributed by atoms with van der Waals surface area (Å²) in [5.74, 6) is -0.346. The molecular weight excluding hydrogens is 394 g/mol. The molecule has 1 saturated carbocycles. The molecule has 0 radical (unpaired) electrons. The third-order valence-corrected chi connectivity index (χ3v) is 7.44. The van der Waals surface area contributed by atoms with Crippen LogP contribution in [-0.2, 0) is 0 Å². The van der Waals surface area contributed by atoms with Gasteiger partial charge in [0.05, 0.1) is 11.7 Å². The van der Waals surface area contributed by atoms with Gasteiger partial charge in [0.2, 0.25) is 0 Å². The number of allylic oxidation sites excluding steroid dienone is 2. The normalized spacial score (nSPS) is 33.6. The molecule has 2 aliphatic carbocycles. The van der Waals surface area contributed by atoms with Crippen molar-refractivity contribution in [1.29, 1.82) is 0 Å². The Kier molecular flexibility index (Phi) is 6.52. The van der Waals surface area contributed by atoms with Crippen molar-refractivity contribution in [2.24, 2.45) is 5.92 Å². The maximum absolute atomic E-state index is 14.7. The first kappa shape index (κ1) is 22.4. The van der Waals surface area contributed by atoms with Crippen molar-refractivity contribution >= 4 is 5.69 Å². The number of benzene rings is 1. The highest BCUT2D eigenvalue weighted by Gasteiger charge is 2.57. The molecule has 4 atom stereocenters. The molecule has 1 aromatic carbocycles. The highest BCUT2D eigenvalue weighted by atomic mass is 19.1. The summed E-state index contributed by atoms with van der Waals surface area (Å²) in [6.07, 6.45) is 10.3. The van der Waals surface area contributed by atoms with Crippen molar-refractivity contribution in [3.05, 3.63) is 54.1 Å². The van der Waals surface area contributed by atoms with E-state index in [1.165, 1.54) is 12.5 Å². The van der Waals surface area contributed by atoms with Gasteiger partial charge in [0, 0.05) is 62.8 Å². The Labute approximate surface area is 185 Å². The zero-order valence-corrected chi connectivity index (χ0v) is 19.3. The largest absolute Gasteiger partial charge is 0.362 e. The van der Waals surface area contributed by atoms with Gasteiger partial charge < -0.3 is 9.80 Å². The fourth-order valence-electron chi connectivity index (χ4n) is 5.60. The molecule has 2 saturated heterocycles. The van der Waals surface area contributed by atoms with E-state index in [9.17, 15) is 8.78 Å². The van der Waals surface area contributed by atoms with E-state index < -0.39 is 11.6 Å². The number of nitrogens with zero attached hydrogens (tertiary/aromatic N) is 4. The van der Waals surface area contributed by atoms with E-state index in [0.29, 0.717) is 17.6 Å². The molecule has 0 N–H and O–H groups in total. The molecule has 6 heteroatoms. The minimum absolute atomic E-state index is 0.165. The second-order valence-corrected chi connectivity index (χ2v) is 9.16. The Hall–Kier alpha value is -1.76. The first-order chi connectivity index (χ1) is 15.0. The van der Waals surface area contributed by atoms with Gasteiger partial charge in [-0.2, -0.15) is 0 Å². The smallest absolute Gasteiger partial charge is 0.149 e. The van der Waals surface area contributed by atoms with E-state index >= 15 is 0 Å². The Morgan fingerprint density at radius 3 is 2.48 bits per heavy atom. The predicted octanol–water partition coefficient (Wildman–Crippen LogP) is 3.61. The second-order valence-electron chi connectivity index (χ2n) is 9.16. The van der Waals surface area contributed by atoms with Gasteiger partial charge in [-0.3, -0.25) is 9.80 Å². The highest BCUT2D eigenvalue weighted by molar-refractivity contribution is 5.50. The van der Waals surface area contributed by atoms with Crippen molar-refractivity contribution in [1.82, 2.24) is 14.7 Å². The molecule has 5 rings (SSSR count). The molecule has 0 amide bonds. The average molecular weight is 431 g/mol. The van der Waals surface area contributed by atoms with E-state index in [4.69, 9.17) is 0 Å². The van der Waals surface area contributed by atoms with Crippen molar-refractivity contribution in [3.8, 4) is 0 Å². The topological polar surface area (TPSA) is 13.0 Å². The van der Waals surface area contributed by atoms with Crippen LogP contribution in [0, 0.1) is 17.6 Å². The van der Waals surface area contributed by atoms with Crippen LogP contribution in [0.3, 0.4) is 0 Å². The first-order valence-corrected chi connectivity index (χ1v) is 11.7. The van der Waals surface area contributed by atoms with Crippen LogP contribution in [0.4, 0.5) is 14.5 Å². The van der Waals surface area contributed by atoms with Crippen molar-refractivity contribution < 1.29 is 8.78 Å². The summed E-state index contributed by atoms with van der Waals surface area (Å²) in [5.41, 5.74) is 0.721. The fourth-order valence-corrected chi connectivity index (χ4v) is 5.60. The van der Waals surface area contributed by atoms with Gasteiger partial charge in [0.1, 0.15) is 11.6 Å². The van der Waals surface area contributed by atoms with Gasteiger partial charge >= 0.3 is 0 Å². The lowest BCUT2D eigenvalue weighted by Gasteiger charge is -2.52. The van der Waals surface area contributed by atoms with Crippen molar-refractivity contribution in [2.45, 2.75) is 37.9 Å². The van der Waals surface area contributed by atoms with Crippen LogP contribution in [0.1, 0.15) is 20.3 Å². The third-order valence-electron chi connectivity index (χ3n) is 7.44. The summed E-state index contributed by atoms with van der Waals surface area (Å²) in [6, 6.07) is 4.45. The van der Waals surface area contributed by atoms with E-state index in [1.54, 1.807) is 6.07 Å². The first-order valence-electron chi connectivity index (χ1n) is 11.7. The van der Waals surface area contributed by atoms with Crippen LogP contribution in [0.5, 0.6) is 0 Å². The fraction of sp³-hybridized carbons (Fsp3) is 0.600. The summed E-state index contributed by atoms with van der Waals surface area (Å²) < 4.78 is 28.2. The minimum Gasteiger partial charge on any atom is -0.362 e. The molecule has 4 aliphatic rings. The van der Waals surface area contributed by atoms with E-state index in [0.717, 1.165) is 45.3 Å². The summed E-state index contributed by atoms with van der Waals surface area (Å²) >= 11 is 0. The number of likely N-dealkylation sites (N-methyl/N-ethyl adjacent to an activating group) is 2. The monoisotopic (exact) mass is 430 g/mol. The van der Waals surface area contributed by atoms with E-state index in [2.05, 4.69) is 58.0 Å². The number of rotatable bonds is 3. The Morgan fingerprint density at radius 1 is 0.935 bits per heavy atom. The number of fused-ring (bicyclic) bond motifs is 1. The Bertz CT molecular complexity index is 841. The summed E-state index contributed by atoms with van der Waals surface area (Å²) in [5, 5.41) is 0. The molecule has 1 aromatic rings. The molecule has 31 heavy (non-hydrogen) atoms. The lowest BCUT2D eigenvalue weighted by atomic mass is 9.96. The number of halogens is 2. The zero-order valence-electron chi connectivity index (χ0n) is 19.3. The number of anilines is 1. The van der Waals surface area contributed by atoms with Crippen LogP contribution in [-0.4, -0.2) is 85.7 Å². The molecule has 4 nitrogen and oxygen atoms in total. The summed E-state index contributed by atoms with van der Waals surface area (Å²) in [6.45, 7) is 9.57. The lowest BCUT2D eigenvalue weighted by Crippen LogP contribution is -2.67. The van der Waals surface area contributed by atoms with E-state index in [1.807, 2.05) is 13.8 Å². The van der Waals surface area contributed by atoms with Gasteiger partial charge in [-0.1, -0.05) is 38.2 Å². The van der Waals surface area contributed by atoms with Gasteiger partial charge in [-0.05, 0) is 32.6 Å². The van der Waals surface area contributed by atoms with Gasteiger partial charge in [0.15, 0.2) is 0 Å². The lowest BCUT2D eigenvalue weighted by molar-refractivity contribution is 0.0418. The maximum Gasteiger partial charge on any atom is 0.149 e. The van der Waals surface area contributed by atoms with Crippen LogP contribution in [0.25, 0.3) is 0 Å². The number of piperazine rings is 2. The van der Waals surface area contributed by atoms with Gasteiger partial charge in [0.25, 0.3) is 0 Å². The highest BCUT2D eigenvalue weighted by Crippen LogP contribution is 2.53. The van der Waals surface area contributed by atoms with Crippen molar-refractivity contribution in [2.75, 3.05) is 58.3 Å².